The van der Waals surface area contributed by atoms with Crippen LogP contribution in [-0.4, -0.2) is 45.7 Å². The summed E-state index contributed by atoms with van der Waals surface area (Å²) in [6.45, 7) is 6.77. The van der Waals surface area contributed by atoms with E-state index in [2.05, 4.69) is 15.3 Å². The molecule has 0 aromatic carbocycles. The fraction of sp³-hybridized carbons (Fsp3) is 0.667. The SMILES string of the molecule is CC(C)(C)OC(=O)N1CCCC[C@H]1CNc1ncc(F)cn1. The number of hydrogen-bond acceptors (Lipinski definition) is 5. The Morgan fingerprint density at radius 3 is 2.73 bits per heavy atom. The lowest BCUT2D eigenvalue weighted by Gasteiger charge is -2.36. The third-order valence-corrected chi connectivity index (χ3v) is 3.37. The standard InChI is InChI=1S/C15H23FN4O2/c1-15(2,3)22-14(21)20-7-5-4-6-12(20)10-19-13-17-8-11(16)9-18-13/h8-9,12H,4-7,10H2,1-3H3,(H,17,18,19)/t12-/m0/s1. The van der Waals surface area contributed by atoms with Gasteiger partial charge < -0.3 is 15.0 Å². The monoisotopic (exact) mass is 310 g/mol. The molecule has 0 spiro atoms. The fourth-order valence-corrected chi connectivity index (χ4v) is 2.39. The minimum atomic E-state index is -0.507. The number of amides is 1. The Kier molecular flexibility index (Phi) is 5.15. The van der Waals surface area contributed by atoms with Crippen LogP contribution in [0.3, 0.4) is 0 Å². The zero-order valence-corrected chi connectivity index (χ0v) is 13.3. The minimum absolute atomic E-state index is 0.0252. The van der Waals surface area contributed by atoms with Crippen molar-refractivity contribution in [2.75, 3.05) is 18.4 Å². The molecule has 6 nitrogen and oxygen atoms in total. The summed E-state index contributed by atoms with van der Waals surface area (Å²) in [6.07, 6.45) is 4.87. The number of nitrogens with one attached hydrogen (secondary N) is 1. The van der Waals surface area contributed by atoms with Crippen molar-refractivity contribution in [1.29, 1.82) is 0 Å². The van der Waals surface area contributed by atoms with Crippen molar-refractivity contribution in [3.05, 3.63) is 18.2 Å². The van der Waals surface area contributed by atoms with E-state index >= 15 is 0 Å². The number of anilines is 1. The van der Waals surface area contributed by atoms with Gasteiger partial charge in [0.15, 0.2) is 5.82 Å². The average Bonchev–Trinajstić information content (AvgIpc) is 2.45. The summed E-state index contributed by atoms with van der Waals surface area (Å²) in [4.78, 5) is 21.8. The van der Waals surface area contributed by atoms with Crippen molar-refractivity contribution in [1.82, 2.24) is 14.9 Å². The summed E-state index contributed by atoms with van der Waals surface area (Å²) < 4.78 is 18.2. The van der Waals surface area contributed by atoms with Gasteiger partial charge in [0.25, 0.3) is 0 Å². The van der Waals surface area contributed by atoms with Gasteiger partial charge in [0.05, 0.1) is 18.4 Å². The Morgan fingerprint density at radius 1 is 1.41 bits per heavy atom. The van der Waals surface area contributed by atoms with Crippen LogP contribution in [0, 0.1) is 5.82 Å². The first-order valence-electron chi connectivity index (χ1n) is 7.56. The van der Waals surface area contributed by atoms with Crippen molar-refractivity contribution < 1.29 is 13.9 Å². The van der Waals surface area contributed by atoms with Gasteiger partial charge in [-0.2, -0.15) is 0 Å². The molecule has 2 heterocycles. The lowest BCUT2D eigenvalue weighted by Crippen LogP contribution is -2.49. The van der Waals surface area contributed by atoms with Crippen LogP contribution in [-0.2, 0) is 4.74 Å². The predicted octanol–water partition coefficient (Wildman–Crippen LogP) is 2.82. The topological polar surface area (TPSA) is 67.3 Å². The number of aromatic nitrogens is 2. The lowest BCUT2D eigenvalue weighted by atomic mass is 10.0. The Bertz CT molecular complexity index is 501. The normalized spacial score (nSPS) is 18.9. The maximum absolute atomic E-state index is 12.8. The second-order valence-electron chi connectivity index (χ2n) is 6.43. The number of carbonyl (C=O) groups is 1. The summed E-state index contributed by atoms with van der Waals surface area (Å²) in [5, 5.41) is 3.05. The molecule has 1 N–H and O–H groups in total. The van der Waals surface area contributed by atoms with Gasteiger partial charge >= 0.3 is 6.09 Å². The first-order valence-corrected chi connectivity index (χ1v) is 7.56. The van der Waals surface area contributed by atoms with Crippen LogP contribution >= 0.6 is 0 Å². The van der Waals surface area contributed by atoms with E-state index in [1.165, 1.54) is 0 Å². The molecule has 0 bridgehead atoms. The second-order valence-corrected chi connectivity index (χ2v) is 6.43. The van der Waals surface area contributed by atoms with Crippen molar-refractivity contribution in [3.8, 4) is 0 Å². The number of carbonyl (C=O) groups excluding carboxylic acids is 1. The van der Waals surface area contributed by atoms with Gasteiger partial charge in [0, 0.05) is 13.1 Å². The molecule has 1 fully saturated rings. The van der Waals surface area contributed by atoms with Crippen LogP contribution in [0.2, 0.25) is 0 Å². The van der Waals surface area contributed by atoms with Gasteiger partial charge in [0.1, 0.15) is 5.60 Å². The van der Waals surface area contributed by atoms with E-state index in [-0.39, 0.29) is 12.1 Å². The summed E-state index contributed by atoms with van der Waals surface area (Å²) in [6, 6.07) is 0.0252. The molecule has 1 aromatic rings. The van der Waals surface area contributed by atoms with Crippen LogP contribution in [0.1, 0.15) is 40.0 Å². The zero-order valence-electron chi connectivity index (χ0n) is 13.3. The molecule has 122 valence electrons. The molecule has 22 heavy (non-hydrogen) atoms. The molecule has 1 aromatic heterocycles. The average molecular weight is 310 g/mol. The van der Waals surface area contributed by atoms with Crippen LogP contribution in [0.15, 0.2) is 12.4 Å². The highest BCUT2D eigenvalue weighted by atomic mass is 19.1. The van der Waals surface area contributed by atoms with E-state index in [1.54, 1.807) is 4.90 Å². The van der Waals surface area contributed by atoms with Crippen LogP contribution in [0.25, 0.3) is 0 Å². The van der Waals surface area contributed by atoms with Crippen molar-refractivity contribution >= 4 is 12.0 Å². The van der Waals surface area contributed by atoms with Crippen molar-refractivity contribution in [2.24, 2.45) is 0 Å². The predicted molar refractivity (Wildman–Crippen MR) is 81.1 cm³/mol. The van der Waals surface area contributed by atoms with E-state index < -0.39 is 11.4 Å². The Hall–Kier alpha value is -1.92. The number of ether oxygens (including phenoxy) is 1. The number of rotatable bonds is 3. The number of piperidine rings is 1. The van der Waals surface area contributed by atoms with Crippen LogP contribution < -0.4 is 5.32 Å². The highest BCUT2D eigenvalue weighted by Crippen LogP contribution is 2.20. The largest absolute Gasteiger partial charge is 0.444 e. The minimum Gasteiger partial charge on any atom is -0.444 e. The van der Waals surface area contributed by atoms with Gasteiger partial charge in [-0.25, -0.2) is 19.2 Å². The van der Waals surface area contributed by atoms with Gasteiger partial charge in [-0.05, 0) is 40.0 Å². The number of hydrogen-bond donors (Lipinski definition) is 1. The summed E-state index contributed by atoms with van der Waals surface area (Å²) in [7, 11) is 0. The number of halogens is 1. The summed E-state index contributed by atoms with van der Waals surface area (Å²) >= 11 is 0. The summed E-state index contributed by atoms with van der Waals surface area (Å²) in [5.41, 5.74) is -0.507. The molecule has 2 rings (SSSR count). The fourth-order valence-electron chi connectivity index (χ4n) is 2.39. The quantitative estimate of drug-likeness (QED) is 0.930. The van der Waals surface area contributed by atoms with Gasteiger partial charge in [-0.1, -0.05) is 0 Å². The molecule has 1 amide bonds. The van der Waals surface area contributed by atoms with E-state index in [9.17, 15) is 9.18 Å². The molecule has 7 heteroatoms. The van der Waals surface area contributed by atoms with E-state index in [1.807, 2.05) is 20.8 Å². The first-order chi connectivity index (χ1) is 10.3. The van der Waals surface area contributed by atoms with E-state index in [0.29, 0.717) is 19.0 Å². The smallest absolute Gasteiger partial charge is 0.410 e. The molecule has 1 atom stereocenters. The second kappa shape index (κ2) is 6.89. The first kappa shape index (κ1) is 16.5. The third kappa shape index (κ3) is 4.82. The maximum Gasteiger partial charge on any atom is 0.410 e. The van der Waals surface area contributed by atoms with Crippen molar-refractivity contribution in [3.63, 3.8) is 0 Å². The molecule has 1 aliphatic heterocycles. The maximum atomic E-state index is 12.8. The third-order valence-electron chi connectivity index (χ3n) is 3.37. The molecule has 1 saturated heterocycles. The molecule has 0 radical (unpaired) electrons. The van der Waals surface area contributed by atoms with Gasteiger partial charge in [0.2, 0.25) is 5.95 Å². The number of likely N-dealkylation sites (tertiary alicyclic amines) is 1. The van der Waals surface area contributed by atoms with Crippen LogP contribution in [0.5, 0.6) is 0 Å². The van der Waals surface area contributed by atoms with E-state index in [0.717, 1.165) is 31.7 Å². The Morgan fingerprint density at radius 2 is 2.09 bits per heavy atom. The molecule has 0 saturated carbocycles. The molecular formula is C15H23FN4O2. The Balaban J connectivity index is 1.94. The lowest BCUT2D eigenvalue weighted by molar-refractivity contribution is 0.0114. The molecule has 0 unspecified atom stereocenters. The summed E-state index contributed by atoms with van der Waals surface area (Å²) in [5.74, 6) is -0.116. The van der Waals surface area contributed by atoms with Crippen LogP contribution in [0.4, 0.5) is 15.1 Å². The van der Waals surface area contributed by atoms with Gasteiger partial charge in [-0.3, -0.25) is 0 Å². The highest BCUT2D eigenvalue weighted by molar-refractivity contribution is 5.68. The Labute approximate surface area is 130 Å². The number of nitrogens with zero attached hydrogens (tertiary/aromatic N) is 3. The highest BCUT2D eigenvalue weighted by Gasteiger charge is 2.30. The van der Waals surface area contributed by atoms with E-state index in [4.69, 9.17) is 4.74 Å². The van der Waals surface area contributed by atoms with Gasteiger partial charge in [-0.15, -0.1) is 0 Å². The molecular weight excluding hydrogens is 287 g/mol. The molecule has 0 aliphatic carbocycles. The molecule has 1 aliphatic rings. The van der Waals surface area contributed by atoms with Crippen molar-refractivity contribution in [2.45, 2.75) is 51.7 Å². The zero-order chi connectivity index (χ0) is 16.2.